The highest BCUT2D eigenvalue weighted by molar-refractivity contribution is 5.85. The first-order valence-corrected chi connectivity index (χ1v) is 11.3. The highest BCUT2D eigenvalue weighted by Gasteiger charge is 2.45. The van der Waals surface area contributed by atoms with Gasteiger partial charge in [0.1, 0.15) is 18.3 Å². The minimum absolute atomic E-state index is 0.152. The Balaban J connectivity index is 1.53. The lowest BCUT2D eigenvalue weighted by Crippen LogP contribution is -2.33. The highest BCUT2D eigenvalue weighted by Crippen LogP contribution is 2.35. The normalized spacial score (nSPS) is 21.9. The Kier molecular flexibility index (Phi) is 6.47. The summed E-state index contributed by atoms with van der Waals surface area (Å²) in [6, 6.07) is 19.5. The van der Waals surface area contributed by atoms with Crippen LogP contribution in [0.15, 0.2) is 60.7 Å². The molecule has 4 aromatic rings. The van der Waals surface area contributed by atoms with Gasteiger partial charge in [0.25, 0.3) is 0 Å². The molecule has 1 aliphatic heterocycles. The molecule has 0 spiro atoms. The van der Waals surface area contributed by atoms with Crippen LogP contribution in [-0.4, -0.2) is 59.8 Å². The van der Waals surface area contributed by atoms with Gasteiger partial charge in [0.05, 0.1) is 6.61 Å². The first-order chi connectivity index (χ1) is 17.0. The maximum Gasteiger partial charge on any atom is 0.227 e. The lowest BCUT2D eigenvalue weighted by atomic mass is 10.1. The fourth-order valence-corrected chi connectivity index (χ4v) is 4.09. The molecular weight excluding hydrogens is 450 g/mol. The zero-order valence-corrected chi connectivity index (χ0v) is 18.8. The number of fused-ring (bicyclic) bond motifs is 1. The minimum Gasteiger partial charge on any atom is -0.394 e. The fourth-order valence-electron chi connectivity index (χ4n) is 4.09. The van der Waals surface area contributed by atoms with E-state index in [0.717, 1.165) is 11.1 Å². The van der Waals surface area contributed by atoms with Gasteiger partial charge in [0.2, 0.25) is 11.9 Å². The van der Waals surface area contributed by atoms with E-state index >= 15 is 0 Å². The number of aliphatic hydroxyl groups excluding tert-OH is 3. The summed E-state index contributed by atoms with van der Waals surface area (Å²) in [5.41, 5.74) is 8.93. The van der Waals surface area contributed by atoms with Crippen LogP contribution in [-0.2, 0) is 17.8 Å². The molecule has 0 amide bonds. The molecule has 11 nitrogen and oxygen atoms in total. The average molecular weight is 478 g/mol. The largest absolute Gasteiger partial charge is 0.394 e. The van der Waals surface area contributed by atoms with Crippen molar-refractivity contribution >= 4 is 28.9 Å². The molecule has 1 aliphatic rings. The molecule has 2 aromatic heterocycles. The van der Waals surface area contributed by atoms with E-state index in [1.807, 2.05) is 60.7 Å². The number of ether oxygens (including phenoxy) is 1. The van der Waals surface area contributed by atoms with Crippen molar-refractivity contribution in [3.63, 3.8) is 0 Å². The Bertz CT molecular complexity index is 1290. The molecule has 0 radical (unpaired) electrons. The second-order valence-electron chi connectivity index (χ2n) is 8.32. The predicted molar refractivity (Wildman–Crippen MR) is 130 cm³/mol. The predicted octanol–water partition coefficient (Wildman–Crippen LogP) is 1.24. The number of benzene rings is 2. The van der Waals surface area contributed by atoms with Crippen LogP contribution in [0.1, 0.15) is 17.4 Å². The van der Waals surface area contributed by atoms with E-state index in [1.165, 1.54) is 0 Å². The summed E-state index contributed by atoms with van der Waals surface area (Å²) in [6.45, 7) is 0.466. The highest BCUT2D eigenvalue weighted by atomic mass is 16.6. The number of anilines is 3. The number of nitrogens with zero attached hydrogens (tertiary/aromatic N) is 4. The van der Waals surface area contributed by atoms with Crippen molar-refractivity contribution in [2.75, 3.05) is 23.0 Å². The SMILES string of the molecule is Nc1nc(NCc2ccccc2)nc2c1nc(NCc1ccccc1)n2C1OC(CO)C(O)C1O. The zero-order valence-electron chi connectivity index (χ0n) is 18.8. The van der Waals surface area contributed by atoms with E-state index in [1.54, 1.807) is 4.57 Å². The Morgan fingerprint density at radius 1 is 0.857 bits per heavy atom. The van der Waals surface area contributed by atoms with Crippen molar-refractivity contribution in [1.29, 1.82) is 0 Å². The Hall–Kier alpha value is -3.77. The van der Waals surface area contributed by atoms with Crippen LogP contribution in [0.3, 0.4) is 0 Å². The van der Waals surface area contributed by atoms with Crippen LogP contribution in [0.25, 0.3) is 11.2 Å². The summed E-state index contributed by atoms with van der Waals surface area (Å²) < 4.78 is 7.35. The monoisotopic (exact) mass is 477 g/mol. The molecule has 2 aromatic carbocycles. The Labute approximate surface area is 201 Å². The van der Waals surface area contributed by atoms with E-state index in [2.05, 4.69) is 25.6 Å². The van der Waals surface area contributed by atoms with Crippen LogP contribution < -0.4 is 16.4 Å². The number of rotatable bonds is 8. The van der Waals surface area contributed by atoms with E-state index in [-0.39, 0.29) is 11.8 Å². The van der Waals surface area contributed by atoms with E-state index in [4.69, 9.17) is 10.5 Å². The number of hydrogen-bond acceptors (Lipinski definition) is 10. The van der Waals surface area contributed by atoms with E-state index in [0.29, 0.717) is 30.2 Å². The summed E-state index contributed by atoms with van der Waals surface area (Å²) in [6.07, 6.45) is -4.61. The van der Waals surface area contributed by atoms with Gasteiger partial charge in [-0.1, -0.05) is 60.7 Å². The lowest BCUT2D eigenvalue weighted by Gasteiger charge is -2.20. The number of hydrogen-bond donors (Lipinski definition) is 6. The molecule has 3 heterocycles. The third kappa shape index (κ3) is 4.62. The molecular formula is C24H27N7O4. The number of aliphatic hydroxyl groups is 3. The number of nitrogens with one attached hydrogen (secondary N) is 2. The van der Waals surface area contributed by atoms with Crippen LogP contribution in [0.4, 0.5) is 17.7 Å². The minimum atomic E-state index is -1.32. The van der Waals surface area contributed by atoms with Crippen molar-refractivity contribution in [2.24, 2.45) is 0 Å². The van der Waals surface area contributed by atoms with Crippen molar-refractivity contribution in [3.05, 3.63) is 71.8 Å². The van der Waals surface area contributed by atoms with Gasteiger partial charge in [-0.25, -0.2) is 4.98 Å². The maximum absolute atomic E-state index is 10.7. The zero-order chi connectivity index (χ0) is 24.4. The molecule has 4 atom stereocenters. The smallest absolute Gasteiger partial charge is 0.227 e. The van der Waals surface area contributed by atoms with Gasteiger partial charge in [0.15, 0.2) is 23.2 Å². The molecule has 182 valence electrons. The summed E-state index contributed by atoms with van der Waals surface area (Å²) >= 11 is 0. The van der Waals surface area contributed by atoms with Gasteiger partial charge in [-0.3, -0.25) is 4.57 Å². The molecule has 0 bridgehead atoms. The van der Waals surface area contributed by atoms with E-state index in [9.17, 15) is 15.3 Å². The first kappa shape index (κ1) is 23.0. The van der Waals surface area contributed by atoms with Gasteiger partial charge in [-0.05, 0) is 11.1 Å². The molecule has 0 saturated carbocycles. The van der Waals surface area contributed by atoms with Crippen molar-refractivity contribution in [1.82, 2.24) is 19.5 Å². The number of aromatic nitrogens is 4. The van der Waals surface area contributed by atoms with Crippen LogP contribution in [0, 0.1) is 0 Å². The summed E-state index contributed by atoms with van der Waals surface area (Å²) in [5, 5.41) is 37.1. The van der Waals surface area contributed by atoms with Gasteiger partial charge in [0, 0.05) is 13.1 Å². The topological polar surface area (TPSA) is 164 Å². The summed E-state index contributed by atoms with van der Waals surface area (Å²) in [7, 11) is 0. The van der Waals surface area contributed by atoms with Gasteiger partial charge in [-0.2, -0.15) is 9.97 Å². The Morgan fingerprint density at radius 3 is 2.09 bits per heavy atom. The number of imidazole rings is 1. The molecule has 5 rings (SSSR count). The van der Waals surface area contributed by atoms with Crippen molar-refractivity contribution in [2.45, 2.75) is 37.6 Å². The second-order valence-corrected chi connectivity index (χ2v) is 8.32. The lowest BCUT2D eigenvalue weighted by molar-refractivity contribution is -0.0501. The standard InChI is InChI=1S/C24H27N7O4/c25-20-17-21(30-23(29-20)26-11-14-7-3-1-4-8-14)31(22-19(34)18(33)16(13-32)35-22)24(28-17)27-12-15-9-5-2-6-10-15/h1-10,16,18-19,22,32-34H,11-13H2,(H,27,28)(H3,25,26,29,30). The quantitative estimate of drug-likeness (QED) is 0.218. The molecule has 11 heteroatoms. The fraction of sp³-hybridized carbons (Fsp3) is 0.292. The van der Waals surface area contributed by atoms with Crippen molar-refractivity contribution < 1.29 is 20.1 Å². The molecule has 1 fully saturated rings. The van der Waals surface area contributed by atoms with Gasteiger partial charge < -0.3 is 36.4 Å². The molecule has 1 saturated heterocycles. The second kappa shape index (κ2) is 9.84. The molecule has 7 N–H and O–H groups in total. The van der Waals surface area contributed by atoms with Crippen LogP contribution >= 0.6 is 0 Å². The van der Waals surface area contributed by atoms with Crippen molar-refractivity contribution in [3.8, 4) is 0 Å². The average Bonchev–Trinajstić information content (AvgIpc) is 3.39. The van der Waals surface area contributed by atoms with E-state index < -0.39 is 31.1 Å². The van der Waals surface area contributed by atoms with Crippen LogP contribution in [0.5, 0.6) is 0 Å². The third-order valence-electron chi connectivity index (χ3n) is 5.93. The summed E-state index contributed by atoms with van der Waals surface area (Å²) in [4.78, 5) is 13.5. The third-order valence-corrected chi connectivity index (χ3v) is 5.93. The molecule has 0 aliphatic carbocycles. The number of nitrogens with two attached hydrogens (primary N) is 1. The summed E-state index contributed by atoms with van der Waals surface area (Å²) in [5.74, 6) is 0.764. The van der Waals surface area contributed by atoms with Gasteiger partial charge >= 0.3 is 0 Å². The number of nitrogen functional groups attached to an aromatic ring is 1. The van der Waals surface area contributed by atoms with Gasteiger partial charge in [-0.15, -0.1) is 0 Å². The molecule has 35 heavy (non-hydrogen) atoms. The Morgan fingerprint density at radius 2 is 1.49 bits per heavy atom. The first-order valence-electron chi connectivity index (χ1n) is 11.3. The van der Waals surface area contributed by atoms with Crippen LogP contribution in [0.2, 0.25) is 0 Å². The molecule has 4 unspecified atom stereocenters. The maximum atomic E-state index is 10.7.